The van der Waals surface area contributed by atoms with Crippen LogP contribution >= 0.6 is 0 Å². The highest BCUT2D eigenvalue weighted by molar-refractivity contribution is 6.08. The topological polar surface area (TPSA) is 47.6 Å². The summed E-state index contributed by atoms with van der Waals surface area (Å²) < 4.78 is 1.77. The summed E-state index contributed by atoms with van der Waals surface area (Å²) in [7, 11) is 5.87. The van der Waals surface area contributed by atoms with Crippen LogP contribution in [0.15, 0.2) is 42.7 Å². The number of rotatable bonds is 4. The third-order valence-corrected chi connectivity index (χ3v) is 6.28. The van der Waals surface area contributed by atoms with Gasteiger partial charge in [-0.2, -0.15) is 10.4 Å². The van der Waals surface area contributed by atoms with Gasteiger partial charge in [0.05, 0.1) is 25.1 Å². The van der Waals surface area contributed by atoms with Crippen LogP contribution in [-0.2, 0) is 6.32 Å². The first-order valence-electron chi connectivity index (χ1n) is 10.9. The lowest BCUT2D eigenvalue weighted by Crippen LogP contribution is -2.68. The maximum atomic E-state index is 9.47. The summed E-state index contributed by atoms with van der Waals surface area (Å²) in [5, 5.41) is 13.8. The Bertz CT molecular complexity index is 1050. The Morgan fingerprint density at radius 2 is 1.87 bits per heavy atom. The van der Waals surface area contributed by atoms with Gasteiger partial charge in [-0.15, -0.1) is 0 Å². The van der Waals surface area contributed by atoms with E-state index in [4.69, 9.17) is 7.85 Å². The molecule has 3 fully saturated rings. The lowest BCUT2D eigenvalue weighted by Gasteiger charge is -2.56. The summed E-state index contributed by atoms with van der Waals surface area (Å²) in [6.45, 7) is 9.63. The number of fused-ring (bicyclic) bond motifs is 3. The van der Waals surface area contributed by atoms with Crippen LogP contribution in [0, 0.1) is 11.3 Å². The standard InChI is InChI=1S/C22H22BN5.C2H6/c1-2-27-19-8-20(27)14-26(13-19)18-5-3-16(4-6-18)21-7-15(9-23)12-28-22(21)17(10-24)11-25-28;1-2/h3-7,11-12,19-20H,2,8-9,13-14H2,1H3;1-2H3. The van der Waals surface area contributed by atoms with Crippen LogP contribution in [-0.4, -0.2) is 54.1 Å². The molecule has 3 saturated heterocycles. The molecule has 3 aliphatic rings. The highest BCUT2D eigenvalue weighted by Crippen LogP contribution is 2.35. The van der Waals surface area contributed by atoms with Crippen LogP contribution in [0.25, 0.3) is 16.6 Å². The van der Waals surface area contributed by atoms with Gasteiger partial charge in [-0.1, -0.05) is 39.2 Å². The van der Waals surface area contributed by atoms with Gasteiger partial charge in [0.25, 0.3) is 0 Å². The monoisotopic (exact) mass is 397 g/mol. The predicted molar refractivity (Wildman–Crippen MR) is 123 cm³/mol. The Kier molecular flexibility index (Phi) is 5.83. The second-order valence-corrected chi connectivity index (χ2v) is 7.76. The Hall–Kier alpha value is -2.78. The molecule has 30 heavy (non-hydrogen) atoms. The number of hydrogen-bond donors (Lipinski definition) is 0. The average Bonchev–Trinajstić information content (AvgIpc) is 3.23. The molecule has 6 heteroatoms. The van der Waals surface area contributed by atoms with Gasteiger partial charge in [-0.05, 0) is 42.3 Å². The number of piperidine rings is 1. The second kappa shape index (κ2) is 8.53. The summed E-state index contributed by atoms with van der Waals surface area (Å²) in [6, 6.07) is 14.4. The minimum Gasteiger partial charge on any atom is -0.368 e. The zero-order valence-corrected chi connectivity index (χ0v) is 18.0. The fourth-order valence-electron chi connectivity index (χ4n) is 4.86. The number of likely N-dealkylation sites (N-methyl/N-ethyl adjacent to an activating group) is 1. The van der Waals surface area contributed by atoms with Crippen molar-refractivity contribution in [1.29, 1.82) is 5.26 Å². The number of benzene rings is 1. The number of anilines is 1. The Morgan fingerprint density at radius 1 is 1.17 bits per heavy atom. The molecular weight excluding hydrogens is 369 g/mol. The molecule has 3 aromatic rings. The van der Waals surface area contributed by atoms with E-state index in [1.807, 2.05) is 20.0 Å². The van der Waals surface area contributed by atoms with Gasteiger partial charge >= 0.3 is 0 Å². The Balaban J connectivity index is 0.00000106. The van der Waals surface area contributed by atoms with Crippen molar-refractivity contribution in [2.45, 2.75) is 45.6 Å². The molecule has 0 saturated carbocycles. The average molecular weight is 397 g/mol. The van der Waals surface area contributed by atoms with Gasteiger partial charge in [0.15, 0.2) is 0 Å². The van der Waals surface area contributed by atoms with E-state index in [1.165, 1.54) is 12.1 Å². The Labute approximate surface area is 180 Å². The minimum atomic E-state index is 0.438. The highest BCUT2D eigenvalue weighted by Gasteiger charge is 2.43. The SMILES string of the molecule is CC.[B]Cc1cc(-c2ccc(N3CC4CC(C3)N4CC)cc2)c2c(C#N)cnn2c1. The summed E-state index contributed by atoms with van der Waals surface area (Å²) in [6.07, 6.45) is 5.29. The first kappa shape index (κ1) is 20.5. The zero-order valence-electron chi connectivity index (χ0n) is 18.0. The molecule has 3 aliphatic heterocycles. The number of nitriles is 1. The fourth-order valence-corrected chi connectivity index (χ4v) is 4.86. The van der Waals surface area contributed by atoms with Crippen molar-refractivity contribution in [3.63, 3.8) is 0 Å². The van der Waals surface area contributed by atoms with Crippen molar-refractivity contribution in [3.8, 4) is 17.2 Å². The highest BCUT2D eigenvalue weighted by atomic mass is 15.4. The third kappa shape index (κ3) is 3.38. The molecule has 0 N–H and O–H groups in total. The minimum absolute atomic E-state index is 0.438. The van der Waals surface area contributed by atoms with Crippen molar-refractivity contribution in [3.05, 3.63) is 53.9 Å². The van der Waals surface area contributed by atoms with Crippen LogP contribution in [0.4, 0.5) is 5.69 Å². The Morgan fingerprint density at radius 3 is 2.47 bits per heavy atom. The smallest absolute Gasteiger partial charge is 0.103 e. The molecule has 0 amide bonds. The molecule has 5 nitrogen and oxygen atoms in total. The first-order chi connectivity index (χ1) is 14.7. The van der Waals surface area contributed by atoms with Crippen molar-refractivity contribution < 1.29 is 0 Å². The summed E-state index contributed by atoms with van der Waals surface area (Å²) in [5.74, 6) is 0. The van der Waals surface area contributed by atoms with E-state index in [-0.39, 0.29) is 0 Å². The number of pyridine rings is 1. The van der Waals surface area contributed by atoms with E-state index in [0.29, 0.717) is 24.0 Å². The van der Waals surface area contributed by atoms with Crippen LogP contribution in [0.3, 0.4) is 0 Å². The molecular formula is C24H28BN5. The van der Waals surface area contributed by atoms with Crippen molar-refractivity contribution in [2.24, 2.45) is 0 Å². The molecule has 5 heterocycles. The molecule has 2 unspecified atom stereocenters. The summed E-state index contributed by atoms with van der Waals surface area (Å²) in [5.41, 5.74) is 5.77. The van der Waals surface area contributed by atoms with Gasteiger partial charge < -0.3 is 4.90 Å². The largest absolute Gasteiger partial charge is 0.368 e. The van der Waals surface area contributed by atoms with E-state index in [2.05, 4.69) is 58.2 Å². The zero-order chi connectivity index (χ0) is 21.3. The lowest BCUT2D eigenvalue weighted by molar-refractivity contribution is 0.00465. The summed E-state index contributed by atoms with van der Waals surface area (Å²) >= 11 is 0. The van der Waals surface area contributed by atoms with Gasteiger partial charge in [-0.3, -0.25) is 4.90 Å². The van der Waals surface area contributed by atoms with Crippen molar-refractivity contribution in [1.82, 2.24) is 14.5 Å². The van der Waals surface area contributed by atoms with E-state index in [0.717, 1.165) is 41.8 Å². The number of hydrogen-bond acceptors (Lipinski definition) is 4. The molecule has 2 bridgehead atoms. The van der Waals surface area contributed by atoms with Gasteiger partial charge in [-0.25, -0.2) is 4.52 Å². The molecule has 6 rings (SSSR count). The summed E-state index contributed by atoms with van der Waals surface area (Å²) in [4.78, 5) is 5.11. The van der Waals surface area contributed by atoms with Gasteiger partial charge in [0, 0.05) is 42.6 Å². The molecule has 0 spiro atoms. The van der Waals surface area contributed by atoms with Crippen molar-refractivity contribution in [2.75, 3.05) is 24.5 Å². The molecule has 0 aliphatic carbocycles. The van der Waals surface area contributed by atoms with Crippen molar-refractivity contribution >= 4 is 19.1 Å². The predicted octanol–water partition coefficient (Wildman–Crippen LogP) is 3.85. The second-order valence-electron chi connectivity index (χ2n) is 7.76. The molecule has 2 atom stereocenters. The van der Waals surface area contributed by atoms with Crippen LogP contribution in [0.1, 0.15) is 38.3 Å². The van der Waals surface area contributed by atoms with E-state index in [9.17, 15) is 5.26 Å². The molecule has 2 aromatic heterocycles. The molecule has 2 radical (unpaired) electrons. The number of piperazine rings is 1. The fraction of sp³-hybridized carbons (Fsp3) is 0.417. The van der Waals surface area contributed by atoms with E-state index < -0.39 is 0 Å². The molecule has 1 aromatic carbocycles. The quantitative estimate of drug-likeness (QED) is 0.628. The van der Waals surface area contributed by atoms with Gasteiger partial charge in [0.1, 0.15) is 6.07 Å². The molecule has 152 valence electrons. The normalized spacial score (nSPS) is 20.3. The number of aromatic nitrogens is 2. The van der Waals surface area contributed by atoms with Crippen LogP contribution in [0.2, 0.25) is 0 Å². The van der Waals surface area contributed by atoms with Crippen LogP contribution in [0.5, 0.6) is 0 Å². The lowest BCUT2D eigenvalue weighted by atomic mass is 9.87. The first-order valence-corrected chi connectivity index (χ1v) is 10.9. The maximum absolute atomic E-state index is 9.47. The third-order valence-electron chi connectivity index (χ3n) is 6.28. The maximum Gasteiger partial charge on any atom is 0.103 e. The van der Waals surface area contributed by atoms with Crippen LogP contribution < -0.4 is 4.90 Å². The van der Waals surface area contributed by atoms with E-state index >= 15 is 0 Å². The number of nitrogens with zero attached hydrogens (tertiary/aromatic N) is 5. The van der Waals surface area contributed by atoms with E-state index in [1.54, 1.807) is 10.7 Å². The van der Waals surface area contributed by atoms with Gasteiger partial charge in [0.2, 0.25) is 0 Å².